The largest absolute Gasteiger partial charge is 0.416 e. The normalized spacial score (nSPS) is 12.8. The number of benzene rings is 2. The van der Waals surface area contributed by atoms with E-state index in [0.29, 0.717) is 0 Å². The molecule has 3 rings (SSSR count). The number of fused-ring (bicyclic) bond motifs is 1. The van der Waals surface area contributed by atoms with Crippen LogP contribution in [0.25, 0.3) is 10.2 Å². The number of aromatic nitrogens is 1. The van der Waals surface area contributed by atoms with Crippen LogP contribution in [0.1, 0.15) is 11.1 Å². The van der Waals surface area contributed by atoms with Gasteiger partial charge in [0.05, 0.1) is 21.3 Å². The number of halogens is 6. The van der Waals surface area contributed by atoms with Gasteiger partial charge in [0.15, 0.2) is 0 Å². The maximum absolute atomic E-state index is 13.6. The third kappa shape index (κ3) is 3.25. The lowest BCUT2D eigenvalue weighted by Crippen LogP contribution is -2.03. The molecule has 0 aliphatic carbocycles. The average molecular weight is 377 g/mol. The Morgan fingerprint density at radius 1 is 1.08 bits per heavy atom. The fourth-order valence-corrected chi connectivity index (χ4v) is 3.16. The second-order valence-corrected chi connectivity index (χ2v) is 6.04. The summed E-state index contributed by atoms with van der Waals surface area (Å²) < 4.78 is 65.6. The quantitative estimate of drug-likeness (QED) is 0.403. The summed E-state index contributed by atoms with van der Waals surface area (Å²) in [4.78, 5) is 7.80. The van der Waals surface area contributed by atoms with Gasteiger partial charge in [-0.3, -0.25) is 0 Å². The summed E-state index contributed by atoms with van der Waals surface area (Å²) in [5.74, 6) is -1.80. The molecule has 124 valence electrons. The molecule has 0 fully saturated rings. The Labute approximate surface area is 141 Å². The van der Waals surface area contributed by atoms with Crippen molar-refractivity contribution in [1.29, 1.82) is 0 Å². The van der Waals surface area contributed by atoms with E-state index < -0.39 is 34.1 Å². The number of rotatable bonds is 2. The number of hydrogen-bond acceptors (Lipinski definition) is 3. The highest BCUT2D eigenvalue weighted by Crippen LogP contribution is 2.35. The van der Waals surface area contributed by atoms with Gasteiger partial charge in [-0.05, 0) is 30.3 Å². The van der Waals surface area contributed by atoms with Crippen LogP contribution in [0.3, 0.4) is 0 Å². The van der Waals surface area contributed by atoms with Crippen LogP contribution in [0, 0.1) is 11.6 Å². The fraction of sp³-hybridized carbons (Fsp3) is 0.0667. The van der Waals surface area contributed by atoms with E-state index in [0.717, 1.165) is 35.6 Å². The first-order valence-electron chi connectivity index (χ1n) is 6.42. The Morgan fingerprint density at radius 3 is 2.38 bits per heavy atom. The van der Waals surface area contributed by atoms with Gasteiger partial charge in [-0.1, -0.05) is 29.0 Å². The summed E-state index contributed by atoms with van der Waals surface area (Å²) in [7, 11) is 0. The van der Waals surface area contributed by atoms with E-state index in [9.17, 15) is 22.0 Å². The van der Waals surface area contributed by atoms with Gasteiger partial charge in [0.25, 0.3) is 0 Å². The van der Waals surface area contributed by atoms with E-state index >= 15 is 0 Å². The van der Waals surface area contributed by atoms with Crippen molar-refractivity contribution in [3.8, 4) is 0 Å². The van der Waals surface area contributed by atoms with Crippen LogP contribution in [-0.4, -0.2) is 10.2 Å². The molecule has 1 aromatic heterocycles. The van der Waals surface area contributed by atoms with E-state index in [2.05, 4.69) is 9.98 Å². The SMILES string of the molecule is Fc1cccc(F)c1C(Cl)=Nc1nc2ccc(C(F)(F)F)cc2s1. The van der Waals surface area contributed by atoms with Gasteiger partial charge in [-0.2, -0.15) is 13.2 Å². The van der Waals surface area contributed by atoms with Crippen LogP contribution < -0.4 is 0 Å². The molecule has 2 aromatic carbocycles. The smallest absolute Gasteiger partial charge is 0.218 e. The molecule has 0 spiro atoms. The van der Waals surface area contributed by atoms with Crippen LogP contribution in [0.4, 0.5) is 27.1 Å². The van der Waals surface area contributed by atoms with E-state index in [4.69, 9.17) is 11.6 Å². The highest BCUT2D eigenvalue weighted by atomic mass is 35.5. The number of nitrogens with zero attached hydrogens (tertiary/aromatic N) is 2. The van der Waals surface area contributed by atoms with Gasteiger partial charge in [-0.15, -0.1) is 0 Å². The molecule has 2 nitrogen and oxygen atoms in total. The molecule has 0 unspecified atom stereocenters. The second-order valence-electron chi connectivity index (χ2n) is 4.68. The van der Waals surface area contributed by atoms with Gasteiger partial charge < -0.3 is 0 Å². The molecule has 0 saturated carbocycles. The summed E-state index contributed by atoms with van der Waals surface area (Å²) in [5.41, 5.74) is -1.06. The summed E-state index contributed by atoms with van der Waals surface area (Å²) in [6.45, 7) is 0. The molecule has 3 aromatic rings. The fourth-order valence-electron chi connectivity index (χ4n) is 1.97. The first-order valence-corrected chi connectivity index (χ1v) is 7.61. The third-order valence-corrected chi connectivity index (χ3v) is 4.25. The van der Waals surface area contributed by atoms with Crippen molar-refractivity contribution in [2.45, 2.75) is 6.18 Å². The number of aliphatic imine (C=N–C) groups is 1. The van der Waals surface area contributed by atoms with Crippen molar-refractivity contribution in [2.75, 3.05) is 0 Å². The maximum Gasteiger partial charge on any atom is 0.416 e. The minimum Gasteiger partial charge on any atom is -0.218 e. The van der Waals surface area contributed by atoms with Crippen LogP contribution in [0.2, 0.25) is 0 Å². The first-order chi connectivity index (χ1) is 11.3. The highest BCUT2D eigenvalue weighted by molar-refractivity contribution is 7.22. The molecular weight excluding hydrogens is 371 g/mol. The predicted octanol–water partition coefficient (Wildman–Crippen LogP) is 5.91. The van der Waals surface area contributed by atoms with Crippen LogP contribution in [-0.2, 0) is 6.18 Å². The first kappa shape index (κ1) is 16.8. The molecular formula is C15H6ClF5N2S. The van der Waals surface area contributed by atoms with Crippen LogP contribution >= 0.6 is 22.9 Å². The van der Waals surface area contributed by atoms with Crippen molar-refractivity contribution in [3.05, 3.63) is 59.2 Å². The van der Waals surface area contributed by atoms with Crippen molar-refractivity contribution >= 4 is 43.5 Å². The molecule has 0 bridgehead atoms. The van der Waals surface area contributed by atoms with E-state index in [1.807, 2.05) is 0 Å². The standard InChI is InChI=1S/C15H6ClF5N2S/c16-13(12-8(17)2-1-3-9(12)18)23-14-22-10-5-4-7(15(19,20)21)6-11(10)24-14/h1-6H. The lowest BCUT2D eigenvalue weighted by Gasteiger charge is -2.04. The van der Waals surface area contributed by atoms with E-state index in [-0.39, 0.29) is 15.3 Å². The van der Waals surface area contributed by atoms with Crippen molar-refractivity contribution in [2.24, 2.45) is 4.99 Å². The molecule has 0 saturated heterocycles. The van der Waals surface area contributed by atoms with Crippen molar-refractivity contribution in [1.82, 2.24) is 4.98 Å². The molecule has 0 radical (unpaired) electrons. The van der Waals surface area contributed by atoms with Crippen molar-refractivity contribution < 1.29 is 22.0 Å². The van der Waals surface area contributed by atoms with Gasteiger partial charge in [0, 0.05) is 0 Å². The summed E-state index contributed by atoms with van der Waals surface area (Å²) in [6.07, 6.45) is -4.48. The lowest BCUT2D eigenvalue weighted by atomic mass is 10.2. The minimum absolute atomic E-state index is 0.00280. The molecule has 0 N–H and O–H groups in total. The van der Waals surface area contributed by atoms with Gasteiger partial charge in [0.1, 0.15) is 16.8 Å². The molecule has 9 heteroatoms. The number of thiazole rings is 1. The van der Waals surface area contributed by atoms with Crippen LogP contribution in [0.15, 0.2) is 41.4 Å². The average Bonchev–Trinajstić information content (AvgIpc) is 2.87. The predicted molar refractivity (Wildman–Crippen MR) is 83.0 cm³/mol. The molecule has 0 aliphatic rings. The van der Waals surface area contributed by atoms with E-state index in [1.165, 1.54) is 12.1 Å². The Bertz CT molecular complexity index is 928. The summed E-state index contributed by atoms with van der Waals surface area (Å²) in [5, 5.41) is -0.474. The van der Waals surface area contributed by atoms with Crippen molar-refractivity contribution in [3.63, 3.8) is 0 Å². The third-order valence-electron chi connectivity index (χ3n) is 3.07. The Morgan fingerprint density at radius 2 is 1.75 bits per heavy atom. The zero-order chi connectivity index (χ0) is 17.5. The number of hydrogen-bond donors (Lipinski definition) is 0. The number of alkyl halides is 3. The molecule has 0 aliphatic heterocycles. The van der Waals surface area contributed by atoms with Gasteiger partial charge in [0.2, 0.25) is 5.13 Å². The second kappa shape index (κ2) is 6.10. The Hall–Kier alpha value is -2.06. The molecule has 24 heavy (non-hydrogen) atoms. The van der Waals surface area contributed by atoms with Gasteiger partial charge in [-0.25, -0.2) is 18.8 Å². The molecule has 0 atom stereocenters. The Kier molecular flexibility index (Phi) is 4.27. The zero-order valence-electron chi connectivity index (χ0n) is 11.5. The molecule has 1 heterocycles. The zero-order valence-corrected chi connectivity index (χ0v) is 13.1. The topological polar surface area (TPSA) is 25.2 Å². The van der Waals surface area contributed by atoms with Crippen LogP contribution in [0.5, 0.6) is 0 Å². The highest BCUT2D eigenvalue weighted by Gasteiger charge is 2.30. The molecule has 0 amide bonds. The summed E-state index contributed by atoms with van der Waals surface area (Å²) in [6, 6.07) is 6.24. The summed E-state index contributed by atoms with van der Waals surface area (Å²) >= 11 is 6.67. The minimum atomic E-state index is -4.48. The lowest BCUT2D eigenvalue weighted by molar-refractivity contribution is -0.137. The van der Waals surface area contributed by atoms with Gasteiger partial charge >= 0.3 is 6.18 Å². The monoisotopic (exact) mass is 376 g/mol. The Balaban J connectivity index is 2.04. The van der Waals surface area contributed by atoms with E-state index in [1.54, 1.807) is 0 Å². The maximum atomic E-state index is 13.6.